The second-order valence-corrected chi connectivity index (χ2v) is 11.0. The van der Waals surface area contributed by atoms with Gasteiger partial charge in [0, 0.05) is 18.8 Å². The Morgan fingerprint density at radius 3 is 2.20 bits per heavy atom. The van der Waals surface area contributed by atoms with Crippen molar-refractivity contribution in [3.8, 4) is 0 Å². The van der Waals surface area contributed by atoms with Crippen LogP contribution in [-0.2, 0) is 16.1 Å². The molecule has 0 radical (unpaired) electrons. The minimum Gasteiger partial charge on any atom is -0.460 e. The Morgan fingerprint density at radius 2 is 1.54 bits per heavy atom. The minimum absolute atomic E-state index is 0.0753. The normalized spacial score (nSPS) is 20.8. The van der Waals surface area contributed by atoms with Crippen molar-refractivity contribution in [2.75, 3.05) is 18.0 Å². The topological polar surface area (TPSA) is 49.9 Å². The number of amides is 2. The van der Waals surface area contributed by atoms with Crippen molar-refractivity contribution in [2.24, 2.45) is 5.92 Å². The van der Waals surface area contributed by atoms with Crippen LogP contribution in [0.1, 0.15) is 82.8 Å². The van der Waals surface area contributed by atoms with E-state index in [2.05, 4.69) is 24.3 Å². The number of carbonyl (C=O) groups excluding carboxylic acids is 2. The molecule has 5 nitrogen and oxygen atoms in total. The summed E-state index contributed by atoms with van der Waals surface area (Å²) in [6, 6.07) is 18.6. The number of hydrogen-bond acceptors (Lipinski definition) is 3. The number of ether oxygens (including phenoxy) is 1. The van der Waals surface area contributed by atoms with E-state index in [1.54, 1.807) is 0 Å². The van der Waals surface area contributed by atoms with E-state index in [0.717, 1.165) is 62.9 Å². The smallest absolute Gasteiger partial charge is 0.324 e. The Balaban J connectivity index is 1.51. The maximum atomic E-state index is 13.4. The second kappa shape index (κ2) is 11.3. The Morgan fingerprint density at radius 1 is 0.886 bits per heavy atom. The van der Waals surface area contributed by atoms with Crippen molar-refractivity contribution >= 4 is 17.7 Å². The zero-order chi connectivity index (χ0) is 24.8. The third-order valence-corrected chi connectivity index (χ3v) is 7.15. The van der Waals surface area contributed by atoms with Gasteiger partial charge >= 0.3 is 12.0 Å². The number of esters is 1. The maximum absolute atomic E-state index is 13.4. The molecular formula is C30H40N2O3. The molecule has 1 aliphatic heterocycles. The van der Waals surface area contributed by atoms with E-state index in [0.29, 0.717) is 6.54 Å². The fourth-order valence-corrected chi connectivity index (χ4v) is 5.38. The number of anilines is 1. The molecule has 0 spiro atoms. The predicted octanol–water partition coefficient (Wildman–Crippen LogP) is 6.91. The van der Waals surface area contributed by atoms with Gasteiger partial charge in [0.25, 0.3) is 0 Å². The van der Waals surface area contributed by atoms with Crippen molar-refractivity contribution in [3.05, 3.63) is 65.7 Å². The standard InChI is InChI=1S/C30H40N2O3/c1-30(2,3)35-28(33)27-15-9-8-14-26(27)24-18-16-23(17-19-24)22-32(25-12-6-4-7-13-25)29(34)31-20-10-5-11-21-31/h4,6-7,12-13,16-19,26-27H,5,8-11,14-15,20-22H2,1-3H3/t26-,27+/m1/s1. The van der Waals surface area contributed by atoms with Crippen LogP contribution in [0.5, 0.6) is 0 Å². The fourth-order valence-electron chi connectivity index (χ4n) is 5.38. The molecule has 0 aromatic heterocycles. The molecule has 4 rings (SSSR count). The first kappa shape index (κ1) is 25.3. The molecule has 1 aliphatic carbocycles. The molecule has 188 valence electrons. The molecule has 1 saturated carbocycles. The number of para-hydroxylation sites is 1. The van der Waals surface area contributed by atoms with Crippen LogP contribution in [0.3, 0.4) is 0 Å². The lowest BCUT2D eigenvalue weighted by molar-refractivity contribution is -0.161. The maximum Gasteiger partial charge on any atom is 0.324 e. The van der Waals surface area contributed by atoms with Crippen LogP contribution < -0.4 is 4.90 Å². The molecule has 2 aliphatic rings. The van der Waals surface area contributed by atoms with Crippen LogP contribution in [0.2, 0.25) is 0 Å². The first-order chi connectivity index (χ1) is 16.8. The van der Waals surface area contributed by atoms with Gasteiger partial charge in [0.05, 0.1) is 12.5 Å². The van der Waals surface area contributed by atoms with E-state index in [9.17, 15) is 9.59 Å². The van der Waals surface area contributed by atoms with Gasteiger partial charge in [0.15, 0.2) is 0 Å². The highest BCUT2D eigenvalue weighted by Crippen LogP contribution is 2.39. The first-order valence-corrected chi connectivity index (χ1v) is 13.2. The minimum atomic E-state index is -0.468. The summed E-state index contributed by atoms with van der Waals surface area (Å²) in [6.07, 6.45) is 7.44. The molecule has 2 amide bonds. The van der Waals surface area contributed by atoms with Gasteiger partial charge in [-0.05, 0) is 82.1 Å². The number of piperidine rings is 1. The van der Waals surface area contributed by atoms with Crippen LogP contribution in [0.15, 0.2) is 54.6 Å². The van der Waals surface area contributed by atoms with Crippen molar-refractivity contribution in [3.63, 3.8) is 0 Å². The molecule has 0 unspecified atom stereocenters. The van der Waals surface area contributed by atoms with Crippen LogP contribution >= 0.6 is 0 Å². The van der Waals surface area contributed by atoms with E-state index in [-0.39, 0.29) is 23.8 Å². The van der Waals surface area contributed by atoms with Crippen LogP contribution in [0.4, 0.5) is 10.5 Å². The van der Waals surface area contributed by atoms with Crippen molar-refractivity contribution < 1.29 is 14.3 Å². The first-order valence-electron chi connectivity index (χ1n) is 13.2. The fraction of sp³-hybridized carbons (Fsp3) is 0.533. The van der Waals surface area contributed by atoms with Gasteiger partial charge in [0.2, 0.25) is 0 Å². The lowest BCUT2D eigenvalue weighted by Gasteiger charge is -2.34. The highest BCUT2D eigenvalue weighted by Gasteiger charge is 2.35. The molecule has 1 heterocycles. The summed E-state index contributed by atoms with van der Waals surface area (Å²) in [4.78, 5) is 30.2. The van der Waals surface area contributed by atoms with Gasteiger partial charge in [-0.2, -0.15) is 0 Å². The van der Waals surface area contributed by atoms with Crippen molar-refractivity contribution in [2.45, 2.75) is 83.8 Å². The number of benzene rings is 2. The van der Waals surface area contributed by atoms with E-state index < -0.39 is 5.60 Å². The Hall–Kier alpha value is -2.82. The Kier molecular flexibility index (Phi) is 8.15. The Labute approximate surface area is 210 Å². The average molecular weight is 477 g/mol. The molecular weight excluding hydrogens is 436 g/mol. The van der Waals surface area contributed by atoms with Crippen LogP contribution in [-0.4, -0.2) is 35.6 Å². The number of rotatable bonds is 5. The molecule has 0 bridgehead atoms. The highest BCUT2D eigenvalue weighted by molar-refractivity contribution is 5.92. The average Bonchev–Trinajstić information content (AvgIpc) is 2.87. The lowest BCUT2D eigenvalue weighted by atomic mass is 9.75. The van der Waals surface area contributed by atoms with Gasteiger partial charge in [0.1, 0.15) is 5.60 Å². The summed E-state index contributed by atoms with van der Waals surface area (Å²) in [7, 11) is 0. The summed E-state index contributed by atoms with van der Waals surface area (Å²) < 4.78 is 5.75. The number of urea groups is 1. The lowest BCUT2D eigenvalue weighted by Crippen LogP contribution is -2.45. The zero-order valence-corrected chi connectivity index (χ0v) is 21.5. The van der Waals surface area contributed by atoms with E-state index in [1.807, 2.05) is 60.9 Å². The van der Waals surface area contributed by atoms with Gasteiger partial charge in [-0.3, -0.25) is 9.69 Å². The number of carbonyl (C=O) groups is 2. The molecule has 2 aromatic rings. The molecule has 35 heavy (non-hydrogen) atoms. The molecule has 2 aromatic carbocycles. The summed E-state index contributed by atoms with van der Waals surface area (Å²) in [5.74, 6) is 0.0248. The third kappa shape index (κ3) is 6.65. The van der Waals surface area contributed by atoms with Crippen molar-refractivity contribution in [1.82, 2.24) is 4.90 Å². The van der Waals surface area contributed by atoms with Gasteiger partial charge in [-0.15, -0.1) is 0 Å². The molecule has 2 fully saturated rings. The third-order valence-electron chi connectivity index (χ3n) is 7.15. The van der Waals surface area contributed by atoms with Crippen LogP contribution in [0, 0.1) is 5.92 Å². The number of likely N-dealkylation sites (tertiary alicyclic amines) is 1. The number of hydrogen-bond donors (Lipinski definition) is 0. The molecule has 1 saturated heterocycles. The highest BCUT2D eigenvalue weighted by atomic mass is 16.6. The molecule has 5 heteroatoms. The van der Waals surface area contributed by atoms with E-state index in [4.69, 9.17) is 4.74 Å². The van der Waals surface area contributed by atoms with Gasteiger partial charge in [-0.25, -0.2) is 4.79 Å². The largest absolute Gasteiger partial charge is 0.460 e. The molecule has 2 atom stereocenters. The SMILES string of the molecule is CC(C)(C)OC(=O)[C@H]1CCCC[C@@H]1c1ccc(CN(C(=O)N2CCCCC2)c2ccccc2)cc1. The monoisotopic (exact) mass is 476 g/mol. The van der Waals surface area contributed by atoms with E-state index in [1.165, 1.54) is 12.0 Å². The van der Waals surface area contributed by atoms with E-state index >= 15 is 0 Å². The second-order valence-electron chi connectivity index (χ2n) is 11.0. The summed E-state index contributed by atoms with van der Waals surface area (Å²) in [5, 5.41) is 0. The summed E-state index contributed by atoms with van der Waals surface area (Å²) in [5.41, 5.74) is 2.74. The number of nitrogens with zero attached hydrogens (tertiary/aromatic N) is 2. The van der Waals surface area contributed by atoms with Crippen LogP contribution in [0.25, 0.3) is 0 Å². The Bertz CT molecular complexity index is 975. The predicted molar refractivity (Wildman–Crippen MR) is 140 cm³/mol. The van der Waals surface area contributed by atoms with Gasteiger partial charge in [-0.1, -0.05) is 55.3 Å². The van der Waals surface area contributed by atoms with Crippen molar-refractivity contribution in [1.29, 1.82) is 0 Å². The zero-order valence-electron chi connectivity index (χ0n) is 21.5. The summed E-state index contributed by atoms with van der Waals surface area (Å²) in [6.45, 7) is 7.98. The summed E-state index contributed by atoms with van der Waals surface area (Å²) >= 11 is 0. The molecule has 0 N–H and O–H groups in total. The quantitative estimate of drug-likeness (QED) is 0.440. The van der Waals surface area contributed by atoms with Gasteiger partial charge < -0.3 is 9.64 Å².